The van der Waals surface area contributed by atoms with Crippen LogP contribution >= 0.6 is 0 Å². The molecule has 1 heteroatoms. The molecule has 0 amide bonds. The van der Waals surface area contributed by atoms with E-state index in [1.165, 1.54) is 33.4 Å². The molecule has 3 aromatic rings. The number of hydrogen-bond donors (Lipinski definition) is 1. The lowest BCUT2D eigenvalue weighted by Crippen LogP contribution is -2.28. The molecule has 0 radical (unpaired) electrons. The lowest BCUT2D eigenvalue weighted by atomic mass is 9.61. The average molecular weight is 269 g/mol. The molecular weight excluding hydrogens is 254 g/mol. The lowest BCUT2D eigenvalue weighted by Gasteiger charge is -2.42. The van der Waals surface area contributed by atoms with Crippen LogP contribution in [-0.2, 0) is 0 Å². The van der Waals surface area contributed by atoms with Crippen LogP contribution in [0.1, 0.15) is 45.2 Å². The third-order valence-corrected chi connectivity index (χ3v) is 5.01. The third kappa shape index (κ3) is 1.26. The van der Waals surface area contributed by atoms with E-state index < -0.39 is 0 Å². The molecule has 0 saturated heterocycles. The molecule has 2 N–H and O–H groups in total. The summed E-state index contributed by atoms with van der Waals surface area (Å²) in [5, 5.41) is 0. The van der Waals surface area contributed by atoms with E-state index >= 15 is 0 Å². The third-order valence-electron chi connectivity index (χ3n) is 5.01. The van der Waals surface area contributed by atoms with Crippen LogP contribution in [0.25, 0.3) is 0 Å². The summed E-state index contributed by atoms with van der Waals surface area (Å²) in [4.78, 5) is 0. The molecule has 0 atom stereocenters. The first kappa shape index (κ1) is 11.2. The number of nitrogen functional groups attached to an aromatic ring is 1. The predicted molar refractivity (Wildman–Crippen MR) is 85.6 cm³/mol. The van der Waals surface area contributed by atoms with Gasteiger partial charge in [0.1, 0.15) is 0 Å². The van der Waals surface area contributed by atoms with Crippen molar-refractivity contribution in [2.45, 2.75) is 11.8 Å². The van der Waals surface area contributed by atoms with Gasteiger partial charge in [0.2, 0.25) is 0 Å². The zero-order chi connectivity index (χ0) is 14.0. The van der Waals surface area contributed by atoms with Gasteiger partial charge in [-0.25, -0.2) is 0 Å². The standard InChI is InChI=1S/C20H15N/c21-17-11-5-10-16-18-12-6-1-3-8-14(12)19(20(16)17)15-9-4-2-7-13(15)18/h1-11,18-19H,21H2. The highest BCUT2D eigenvalue weighted by atomic mass is 14.6. The number of nitrogens with two attached hydrogens (primary N) is 1. The van der Waals surface area contributed by atoms with Gasteiger partial charge < -0.3 is 5.73 Å². The maximum atomic E-state index is 6.34. The van der Waals surface area contributed by atoms with E-state index in [0.29, 0.717) is 11.8 Å². The molecule has 3 aromatic carbocycles. The summed E-state index contributed by atoms with van der Waals surface area (Å²) in [5.41, 5.74) is 15.7. The van der Waals surface area contributed by atoms with Gasteiger partial charge in [0, 0.05) is 17.5 Å². The van der Waals surface area contributed by atoms with Crippen LogP contribution in [-0.4, -0.2) is 0 Å². The molecule has 3 aliphatic rings. The molecule has 0 aromatic heterocycles. The van der Waals surface area contributed by atoms with Gasteiger partial charge in [0.15, 0.2) is 0 Å². The molecule has 1 nitrogen and oxygen atoms in total. The van der Waals surface area contributed by atoms with Crippen molar-refractivity contribution in [2.75, 3.05) is 5.73 Å². The molecule has 6 rings (SSSR count). The molecule has 2 bridgehead atoms. The molecule has 21 heavy (non-hydrogen) atoms. The molecule has 3 aliphatic carbocycles. The van der Waals surface area contributed by atoms with Crippen LogP contribution in [0.5, 0.6) is 0 Å². The Hall–Kier alpha value is -2.54. The van der Waals surface area contributed by atoms with Gasteiger partial charge in [0.05, 0.1) is 0 Å². The van der Waals surface area contributed by atoms with E-state index in [1.54, 1.807) is 0 Å². The maximum absolute atomic E-state index is 6.34. The lowest BCUT2D eigenvalue weighted by molar-refractivity contribution is 0.756. The van der Waals surface area contributed by atoms with E-state index in [0.717, 1.165) is 5.69 Å². The second-order valence-electron chi connectivity index (χ2n) is 5.97. The monoisotopic (exact) mass is 269 g/mol. The topological polar surface area (TPSA) is 26.0 Å². The van der Waals surface area contributed by atoms with E-state index in [9.17, 15) is 0 Å². The molecule has 0 unspecified atom stereocenters. The summed E-state index contributed by atoms with van der Waals surface area (Å²) in [7, 11) is 0. The van der Waals surface area contributed by atoms with Crippen molar-refractivity contribution in [1.82, 2.24) is 0 Å². The molecule has 0 aliphatic heterocycles. The minimum Gasteiger partial charge on any atom is -0.398 e. The van der Waals surface area contributed by atoms with Crippen LogP contribution < -0.4 is 5.73 Å². The van der Waals surface area contributed by atoms with E-state index in [1.807, 2.05) is 6.07 Å². The van der Waals surface area contributed by atoms with Gasteiger partial charge in [-0.3, -0.25) is 0 Å². The van der Waals surface area contributed by atoms with Crippen LogP contribution in [0.15, 0.2) is 66.7 Å². The summed E-state index contributed by atoms with van der Waals surface area (Å²) in [6.07, 6.45) is 0. The van der Waals surface area contributed by atoms with Crippen molar-refractivity contribution in [3.63, 3.8) is 0 Å². The highest BCUT2D eigenvalue weighted by Crippen LogP contribution is 2.56. The fourth-order valence-corrected chi connectivity index (χ4v) is 4.24. The summed E-state index contributed by atoms with van der Waals surface area (Å²) in [6, 6.07) is 24.0. The summed E-state index contributed by atoms with van der Waals surface area (Å²) >= 11 is 0. The van der Waals surface area contributed by atoms with E-state index in [2.05, 4.69) is 60.7 Å². The summed E-state index contributed by atoms with van der Waals surface area (Å²) < 4.78 is 0. The Morgan fingerprint density at radius 3 is 1.57 bits per heavy atom. The van der Waals surface area contributed by atoms with Crippen LogP contribution in [0.3, 0.4) is 0 Å². The number of rotatable bonds is 0. The maximum Gasteiger partial charge on any atom is 0.0369 e. The Bertz CT molecular complexity index is 831. The fraction of sp³-hybridized carbons (Fsp3) is 0.100. The Kier molecular flexibility index (Phi) is 2.00. The Morgan fingerprint density at radius 2 is 1.00 bits per heavy atom. The Morgan fingerprint density at radius 1 is 0.524 bits per heavy atom. The minimum absolute atomic E-state index is 0.290. The van der Waals surface area contributed by atoms with Crippen LogP contribution in [0, 0.1) is 0 Å². The van der Waals surface area contributed by atoms with Gasteiger partial charge in [0.25, 0.3) is 0 Å². The predicted octanol–water partition coefficient (Wildman–Crippen LogP) is 4.26. The highest BCUT2D eigenvalue weighted by Gasteiger charge is 2.41. The van der Waals surface area contributed by atoms with Crippen molar-refractivity contribution in [2.24, 2.45) is 0 Å². The normalized spacial score (nSPS) is 20.6. The second kappa shape index (κ2) is 3.76. The van der Waals surface area contributed by atoms with E-state index in [4.69, 9.17) is 5.73 Å². The molecular formula is C20H15N. The summed E-state index contributed by atoms with van der Waals surface area (Å²) in [5.74, 6) is 0.625. The average Bonchev–Trinajstić information content (AvgIpc) is 2.55. The quantitative estimate of drug-likeness (QED) is 0.418. The highest BCUT2D eigenvalue weighted by molar-refractivity contribution is 5.72. The molecule has 0 heterocycles. The first-order valence-electron chi connectivity index (χ1n) is 7.42. The fourth-order valence-electron chi connectivity index (χ4n) is 4.24. The van der Waals surface area contributed by atoms with Crippen molar-refractivity contribution in [3.05, 3.63) is 100 Å². The molecule has 0 spiro atoms. The number of benzene rings is 3. The van der Waals surface area contributed by atoms with Gasteiger partial charge in [-0.05, 0) is 39.4 Å². The number of anilines is 1. The minimum atomic E-state index is 0.290. The van der Waals surface area contributed by atoms with Crippen molar-refractivity contribution in [3.8, 4) is 0 Å². The molecule has 0 saturated carbocycles. The van der Waals surface area contributed by atoms with Crippen molar-refractivity contribution >= 4 is 5.69 Å². The van der Waals surface area contributed by atoms with Gasteiger partial charge >= 0.3 is 0 Å². The van der Waals surface area contributed by atoms with E-state index in [-0.39, 0.29) is 0 Å². The molecule has 0 fully saturated rings. The number of hydrogen-bond acceptors (Lipinski definition) is 1. The van der Waals surface area contributed by atoms with Crippen LogP contribution in [0.2, 0.25) is 0 Å². The van der Waals surface area contributed by atoms with Gasteiger partial charge in [-0.1, -0.05) is 60.7 Å². The van der Waals surface area contributed by atoms with Gasteiger partial charge in [-0.15, -0.1) is 0 Å². The van der Waals surface area contributed by atoms with Crippen molar-refractivity contribution < 1.29 is 0 Å². The summed E-state index contributed by atoms with van der Waals surface area (Å²) in [6.45, 7) is 0. The Labute approximate surface area is 124 Å². The first-order valence-corrected chi connectivity index (χ1v) is 7.42. The smallest absolute Gasteiger partial charge is 0.0369 e. The first-order chi connectivity index (χ1) is 10.4. The second-order valence-corrected chi connectivity index (χ2v) is 5.97. The molecule has 100 valence electrons. The van der Waals surface area contributed by atoms with Crippen molar-refractivity contribution in [1.29, 1.82) is 0 Å². The zero-order valence-corrected chi connectivity index (χ0v) is 11.6. The Balaban J connectivity index is 1.95. The van der Waals surface area contributed by atoms with Crippen LogP contribution in [0.4, 0.5) is 5.69 Å². The van der Waals surface area contributed by atoms with Gasteiger partial charge in [-0.2, -0.15) is 0 Å². The largest absolute Gasteiger partial charge is 0.398 e. The zero-order valence-electron chi connectivity index (χ0n) is 11.6. The SMILES string of the molecule is Nc1cccc2c1C1c3ccccc3C2c2ccccc21.